The molecule has 0 radical (unpaired) electrons. The van der Waals surface area contributed by atoms with E-state index in [9.17, 15) is 4.39 Å². The third kappa shape index (κ3) is 4.95. The molecule has 3 aromatic carbocycles. The average Bonchev–Trinajstić information content (AvgIpc) is 3.30. The van der Waals surface area contributed by atoms with Crippen LogP contribution in [0.25, 0.3) is 22.4 Å². The van der Waals surface area contributed by atoms with E-state index in [2.05, 4.69) is 64.3 Å². The fourth-order valence-electron chi connectivity index (χ4n) is 4.01. The predicted molar refractivity (Wildman–Crippen MR) is 139 cm³/mol. The van der Waals surface area contributed by atoms with Crippen molar-refractivity contribution in [1.29, 1.82) is 0 Å². The number of imidazole rings is 1. The lowest BCUT2D eigenvalue weighted by molar-refractivity contribution is 0.190. The Hall–Kier alpha value is -2.90. The Kier molecular flexibility index (Phi) is 7.54. The number of halogens is 2. The number of aromatic nitrogens is 2. The molecular weight excluding hydrogens is 497 g/mol. The summed E-state index contributed by atoms with van der Waals surface area (Å²) in [7, 11) is 3.29. The maximum Gasteiger partial charge on any atom is 0.146 e. The zero-order chi connectivity index (χ0) is 24.2. The fourth-order valence-corrected chi connectivity index (χ4v) is 4.69. The number of rotatable bonds is 9. The number of hydrogen-bond donors (Lipinski definition) is 2. The number of nitrogens with zero attached hydrogens (tertiary/aromatic N) is 1. The number of aromatic amines is 1. The van der Waals surface area contributed by atoms with Gasteiger partial charge in [-0.1, -0.05) is 50.2 Å². The van der Waals surface area contributed by atoms with Crippen LogP contribution < -0.4 is 10.1 Å². The molecule has 0 aliphatic heterocycles. The van der Waals surface area contributed by atoms with Gasteiger partial charge in [0.15, 0.2) is 0 Å². The summed E-state index contributed by atoms with van der Waals surface area (Å²) in [5, 5.41) is 3.33. The van der Waals surface area contributed by atoms with E-state index in [1.807, 2.05) is 12.1 Å². The smallest absolute Gasteiger partial charge is 0.146 e. The quantitative estimate of drug-likeness (QED) is 0.238. The van der Waals surface area contributed by atoms with Crippen LogP contribution >= 0.6 is 15.9 Å². The summed E-state index contributed by atoms with van der Waals surface area (Å²) in [6.45, 7) is 4.86. The van der Waals surface area contributed by atoms with Gasteiger partial charge in [-0.3, -0.25) is 0 Å². The highest BCUT2D eigenvalue weighted by atomic mass is 79.9. The summed E-state index contributed by atoms with van der Waals surface area (Å²) >= 11 is 3.77. The second-order valence-corrected chi connectivity index (χ2v) is 9.32. The lowest BCUT2D eigenvalue weighted by Crippen LogP contribution is -2.15. The summed E-state index contributed by atoms with van der Waals surface area (Å²) in [5.41, 5.74) is 5.19. The van der Waals surface area contributed by atoms with Crippen LogP contribution in [0.15, 0.2) is 59.1 Å². The average molecular weight is 526 g/mol. The molecule has 0 spiro atoms. The molecule has 1 unspecified atom stereocenters. The molecule has 4 aromatic rings. The van der Waals surface area contributed by atoms with Gasteiger partial charge in [-0.25, -0.2) is 9.37 Å². The number of anilines is 1. The topological polar surface area (TPSA) is 59.2 Å². The molecule has 0 fully saturated rings. The first-order chi connectivity index (χ1) is 16.4. The van der Waals surface area contributed by atoms with E-state index >= 15 is 0 Å². The van der Waals surface area contributed by atoms with E-state index in [4.69, 9.17) is 14.5 Å². The van der Waals surface area contributed by atoms with Crippen LogP contribution in [-0.2, 0) is 4.74 Å². The lowest BCUT2D eigenvalue weighted by atomic mass is 10.0. The summed E-state index contributed by atoms with van der Waals surface area (Å²) in [6.07, 6.45) is 0.631. The Morgan fingerprint density at radius 2 is 1.82 bits per heavy atom. The third-order valence-electron chi connectivity index (χ3n) is 5.96. The number of H-pyrrole nitrogens is 1. The SMILES string of the molecule is COCCC(Nc1ccccc1F)c1cc(OC)c2[nH]c(-c3ccc(C(C)C)cc3)nc2c1Br. The number of fused-ring (bicyclic) bond motifs is 1. The van der Waals surface area contributed by atoms with Crippen LogP contribution in [0.5, 0.6) is 5.75 Å². The van der Waals surface area contributed by atoms with Gasteiger partial charge in [0.2, 0.25) is 0 Å². The van der Waals surface area contributed by atoms with E-state index in [0.29, 0.717) is 30.4 Å². The van der Waals surface area contributed by atoms with Crippen molar-refractivity contribution < 1.29 is 13.9 Å². The minimum absolute atomic E-state index is 0.227. The predicted octanol–water partition coefficient (Wildman–Crippen LogP) is 7.45. The highest BCUT2D eigenvalue weighted by Gasteiger charge is 2.22. The number of benzene rings is 3. The maximum absolute atomic E-state index is 14.4. The molecule has 0 aliphatic rings. The van der Waals surface area contributed by atoms with Gasteiger partial charge in [0.05, 0.1) is 23.3 Å². The second kappa shape index (κ2) is 10.6. The molecule has 1 aromatic heterocycles. The number of hydrogen-bond acceptors (Lipinski definition) is 4. The van der Waals surface area contributed by atoms with Gasteiger partial charge in [-0.15, -0.1) is 0 Å². The van der Waals surface area contributed by atoms with Crippen molar-refractivity contribution in [3.8, 4) is 17.1 Å². The Morgan fingerprint density at radius 3 is 2.47 bits per heavy atom. The van der Waals surface area contributed by atoms with Crippen molar-refractivity contribution in [2.24, 2.45) is 0 Å². The molecule has 1 atom stereocenters. The van der Waals surface area contributed by atoms with E-state index in [1.54, 1.807) is 26.4 Å². The molecule has 0 saturated heterocycles. The number of ether oxygens (including phenoxy) is 2. The van der Waals surface area contributed by atoms with E-state index in [-0.39, 0.29) is 11.9 Å². The molecule has 5 nitrogen and oxygen atoms in total. The molecule has 7 heteroatoms. The summed E-state index contributed by atoms with van der Waals surface area (Å²) in [4.78, 5) is 8.32. The van der Waals surface area contributed by atoms with Crippen LogP contribution in [0.1, 0.15) is 43.4 Å². The Morgan fingerprint density at radius 1 is 1.09 bits per heavy atom. The molecule has 0 saturated carbocycles. The molecule has 2 N–H and O–H groups in total. The molecular formula is C27H29BrFN3O2. The van der Waals surface area contributed by atoms with E-state index in [0.717, 1.165) is 32.5 Å². The Bertz CT molecular complexity index is 1270. The van der Waals surface area contributed by atoms with Crippen molar-refractivity contribution in [2.45, 2.75) is 32.2 Å². The van der Waals surface area contributed by atoms with Crippen molar-refractivity contribution in [3.05, 3.63) is 76.0 Å². The molecule has 0 aliphatic carbocycles. The van der Waals surface area contributed by atoms with Gasteiger partial charge in [0.25, 0.3) is 0 Å². The van der Waals surface area contributed by atoms with Crippen molar-refractivity contribution in [1.82, 2.24) is 9.97 Å². The molecule has 34 heavy (non-hydrogen) atoms. The van der Waals surface area contributed by atoms with Crippen LogP contribution in [0.4, 0.5) is 10.1 Å². The maximum atomic E-state index is 14.4. The zero-order valence-electron chi connectivity index (χ0n) is 19.8. The minimum atomic E-state index is -0.305. The van der Waals surface area contributed by atoms with Gasteiger partial charge < -0.3 is 19.8 Å². The summed E-state index contributed by atoms with van der Waals surface area (Å²) in [5.74, 6) is 1.59. The minimum Gasteiger partial charge on any atom is -0.494 e. The van der Waals surface area contributed by atoms with E-state index in [1.165, 1.54) is 11.6 Å². The van der Waals surface area contributed by atoms with Gasteiger partial charge in [0, 0.05) is 19.3 Å². The first-order valence-electron chi connectivity index (χ1n) is 11.3. The zero-order valence-corrected chi connectivity index (χ0v) is 21.4. The molecule has 4 rings (SSSR count). The van der Waals surface area contributed by atoms with Crippen LogP contribution in [0.2, 0.25) is 0 Å². The highest BCUT2D eigenvalue weighted by molar-refractivity contribution is 9.10. The van der Waals surface area contributed by atoms with Gasteiger partial charge in [-0.2, -0.15) is 0 Å². The summed E-state index contributed by atoms with van der Waals surface area (Å²) in [6, 6.07) is 16.8. The number of para-hydroxylation sites is 1. The fraction of sp³-hybridized carbons (Fsp3) is 0.296. The van der Waals surface area contributed by atoms with Crippen molar-refractivity contribution in [3.63, 3.8) is 0 Å². The second-order valence-electron chi connectivity index (χ2n) is 8.53. The van der Waals surface area contributed by atoms with Crippen LogP contribution in [0.3, 0.4) is 0 Å². The lowest BCUT2D eigenvalue weighted by Gasteiger charge is -2.22. The van der Waals surface area contributed by atoms with Crippen LogP contribution in [0, 0.1) is 5.82 Å². The molecule has 1 heterocycles. The molecule has 0 amide bonds. The summed E-state index contributed by atoms with van der Waals surface area (Å²) < 4.78 is 26.3. The largest absolute Gasteiger partial charge is 0.494 e. The molecule has 0 bridgehead atoms. The monoisotopic (exact) mass is 525 g/mol. The Balaban J connectivity index is 1.78. The van der Waals surface area contributed by atoms with Gasteiger partial charge in [0.1, 0.15) is 28.4 Å². The normalized spacial score (nSPS) is 12.3. The van der Waals surface area contributed by atoms with Crippen molar-refractivity contribution in [2.75, 3.05) is 26.1 Å². The first kappa shape index (κ1) is 24.2. The van der Waals surface area contributed by atoms with Crippen LogP contribution in [-0.4, -0.2) is 30.8 Å². The van der Waals surface area contributed by atoms with Gasteiger partial charge in [-0.05, 0) is 57.6 Å². The van der Waals surface area contributed by atoms with Gasteiger partial charge >= 0.3 is 0 Å². The number of nitrogens with one attached hydrogen (secondary N) is 2. The third-order valence-corrected chi connectivity index (χ3v) is 6.79. The Labute approximate surface area is 207 Å². The van der Waals surface area contributed by atoms with E-state index < -0.39 is 0 Å². The highest BCUT2D eigenvalue weighted by Crippen LogP contribution is 2.40. The van der Waals surface area contributed by atoms with Crippen molar-refractivity contribution >= 4 is 32.7 Å². The standard InChI is InChI=1S/C27H29BrFN3O2/c1-16(2)17-9-11-18(12-10-17)27-31-25-23(34-4)15-19(24(28)26(25)32-27)21(13-14-33-3)30-22-8-6-5-7-20(22)29/h5-12,15-16,21,30H,13-14H2,1-4H3,(H,31,32). The number of methoxy groups -OCH3 is 2. The first-order valence-corrected chi connectivity index (χ1v) is 12.1. The molecule has 178 valence electrons.